The summed E-state index contributed by atoms with van der Waals surface area (Å²) in [5.41, 5.74) is 3.90. The smallest absolute Gasteiger partial charge is 0.0577 e. The molecule has 0 radical (unpaired) electrons. The van der Waals surface area contributed by atoms with E-state index >= 15 is 0 Å². The first-order valence-electron chi connectivity index (χ1n) is 12.2. The normalized spacial score (nSPS) is 51.6. The Kier molecular flexibility index (Phi) is 4.62. The van der Waals surface area contributed by atoms with Crippen LogP contribution in [0.5, 0.6) is 0 Å². The third-order valence-corrected chi connectivity index (χ3v) is 10.6. The standard InChI is InChI=1S/C26H41NO/c1-16-5-10-24(27-16)17(2)21-8-9-22-20-7-6-18-15-19(28)11-13-25(18,3)23(20)12-14-26(21,22)4/h6,17,19-24,28H,5,7-15H2,1-4H3/t17-,19-,20+,21+,22+,23+,24-,25-,26+/m0/s1. The van der Waals surface area contributed by atoms with Gasteiger partial charge in [0.15, 0.2) is 0 Å². The zero-order valence-corrected chi connectivity index (χ0v) is 18.6. The topological polar surface area (TPSA) is 32.6 Å². The van der Waals surface area contributed by atoms with Crippen LogP contribution in [0.2, 0.25) is 0 Å². The summed E-state index contributed by atoms with van der Waals surface area (Å²) in [4.78, 5) is 5.04. The van der Waals surface area contributed by atoms with Gasteiger partial charge in [-0.1, -0.05) is 32.4 Å². The second-order valence-electron chi connectivity index (χ2n) is 11.7. The lowest BCUT2D eigenvalue weighted by atomic mass is 9.47. The molecule has 5 rings (SSSR count). The van der Waals surface area contributed by atoms with Crippen LogP contribution in [-0.2, 0) is 0 Å². The maximum absolute atomic E-state index is 10.2. The number of rotatable bonds is 2. The van der Waals surface area contributed by atoms with Gasteiger partial charge in [-0.05, 0) is 112 Å². The molecule has 0 aromatic carbocycles. The summed E-state index contributed by atoms with van der Waals surface area (Å²) >= 11 is 0. The molecule has 0 amide bonds. The molecule has 0 saturated heterocycles. The van der Waals surface area contributed by atoms with E-state index in [1.807, 2.05) is 0 Å². The summed E-state index contributed by atoms with van der Waals surface area (Å²) in [5.74, 6) is 4.27. The quantitative estimate of drug-likeness (QED) is 0.567. The molecule has 1 N–H and O–H groups in total. The molecule has 28 heavy (non-hydrogen) atoms. The van der Waals surface area contributed by atoms with Gasteiger partial charge < -0.3 is 5.11 Å². The zero-order chi connectivity index (χ0) is 19.7. The van der Waals surface area contributed by atoms with Crippen LogP contribution < -0.4 is 0 Å². The monoisotopic (exact) mass is 383 g/mol. The van der Waals surface area contributed by atoms with Crippen molar-refractivity contribution >= 4 is 5.71 Å². The molecule has 2 heteroatoms. The lowest BCUT2D eigenvalue weighted by Crippen LogP contribution is -2.51. The fourth-order valence-corrected chi connectivity index (χ4v) is 8.96. The third kappa shape index (κ3) is 2.72. The maximum atomic E-state index is 10.2. The Morgan fingerprint density at radius 2 is 1.89 bits per heavy atom. The minimum absolute atomic E-state index is 0.0862. The molecule has 0 aromatic heterocycles. The Balaban J connectivity index is 1.40. The number of allylic oxidation sites excluding steroid dienone is 1. The van der Waals surface area contributed by atoms with E-state index in [4.69, 9.17) is 4.99 Å². The Bertz CT molecular complexity index is 695. The van der Waals surface area contributed by atoms with E-state index in [9.17, 15) is 5.11 Å². The van der Waals surface area contributed by atoms with Crippen LogP contribution in [0.15, 0.2) is 16.6 Å². The minimum atomic E-state index is -0.0862. The Labute approximate surface area is 172 Å². The first-order chi connectivity index (χ1) is 13.3. The van der Waals surface area contributed by atoms with E-state index in [1.54, 1.807) is 5.57 Å². The number of aliphatic imine (C=N–C) groups is 1. The summed E-state index contributed by atoms with van der Waals surface area (Å²) < 4.78 is 0. The molecule has 0 aromatic rings. The van der Waals surface area contributed by atoms with Crippen LogP contribution in [0.3, 0.4) is 0 Å². The van der Waals surface area contributed by atoms with E-state index in [1.165, 1.54) is 57.1 Å². The van der Waals surface area contributed by atoms with Crippen LogP contribution in [0.1, 0.15) is 91.9 Å². The Morgan fingerprint density at radius 3 is 2.64 bits per heavy atom. The van der Waals surface area contributed by atoms with Gasteiger partial charge in [-0.25, -0.2) is 0 Å². The van der Waals surface area contributed by atoms with Crippen molar-refractivity contribution in [2.75, 3.05) is 0 Å². The highest BCUT2D eigenvalue weighted by Crippen LogP contribution is 2.67. The van der Waals surface area contributed by atoms with Crippen molar-refractivity contribution in [1.29, 1.82) is 0 Å². The molecule has 3 fully saturated rings. The molecule has 1 heterocycles. The molecule has 4 aliphatic carbocycles. The second kappa shape index (κ2) is 6.69. The van der Waals surface area contributed by atoms with E-state index in [0.29, 0.717) is 16.9 Å². The van der Waals surface area contributed by atoms with Crippen molar-refractivity contribution in [2.45, 2.75) is 104 Å². The predicted octanol–water partition coefficient (Wildman–Crippen LogP) is 6.19. The van der Waals surface area contributed by atoms with Crippen LogP contribution in [-0.4, -0.2) is 23.0 Å². The fraction of sp³-hybridized carbons (Fsp3) is 0.885. The number of hydrogen-bond acceptors (Lipinski definition) is 2. The number of aliphatic hydroxyl groups excluding tert-OH is 1. The molecule has 0 spiro atoms. The molecular weight excluding hydrogens is 342 g/mol. The second-order valence-corrected chi connectivity index (χ2v) is 11.7. The van der Waals surface area contributed by atoms with Gasteiger partial charge in [-0.2, -0.15) is 0 Å². The molecule has 3 saturated carbocycles. The van der Waals surface area contributed by atoms with Crippen molar-refractivity contribution in [3.63, 3.8) is 0 Å². The molecule has 156 valence electrons. The molecule has 0 unspecified atom stereocenters. The van der Waals surface area contributed by atoms with E-state index in [-0.39, 0.29) is 6.10 Å². The van der Waals surface area contributed by atoms with Crippen LogP contribution in [0.4, 0.5) is 0 Å². The fourth-order valence-electron chi connectivity index (χ4n) is 8.96. The Morgan fingerprint density at radius 1 is 1.07 bits per heavy atom. The molecule has 5 aliphatic rings. The molecule has 9 atom stereocenters. The van der Waals surface area contributed by atoms with Gasteiger partial charge in [0.2, 0.25) is 0 Å². The lowest BCUT2D eigenvalue weighted by Gasteiger charge is -2.58. The highest BCUT2D eigenvalue weighted by atomic mass is 16.3. The van der Waals surface area contributed by atoms with Crippen LogP contribution >= 0.6 is 0 Å². The first kappa shape index (κ1) is 19.3. The highest BCUT2D eigenvalue weighted by molar-refractivity contribution is 5.83. The maximum Gasteiger partial charge on any atom is 0.0577 e. The Hall–Kier alpha value is -0.630. The molecule has 2 nitrogen and oxygen atoms in total. The summed E-state index contributed by atoms with van der Waals surface area (Å²) in [6.45, 7) is 9.97. The van der Waals surface area contributed by atoms with E-state index < -0.39 is 0 Å². The number of aliphatic hydroxyl groups is 1. The van der Waals surface area contributed by atoms with Gasteiger partial charge in [-0.3, -0.25) is 4.99 Å². The van der Waals surface area contributed by atoms with Gasteiger partial charge >= 0.3 is 0 Å². The van der Waals surface area contributed by atoms with Crippen molar-refractivity contribution in [3.8, 4) is 0 Å². The summed E-state index contributed by atoms with van der Waals surface area (Å²) in [6.07, 6.45) is 15.2. The van der Waals surface area contributed by atoms with Crippen molar-refractivity contribution < 1.29 is 5.11 Å². The lowest BCUT2D eigenvalue weighted by molar-refractivity contribution is -0.0581. The van der Waals surface area contributed by atoms with Crippen molar-refractivity contribution in [1.82, 2.24) is 0 Å². The summed E-state index contributed by atoms with van der Waals surface area (Å²) in [7, 11) is 0. The van der Waals surface area contributed by atoms with Crippen LogP contribution in [0, 0.1) is 40.4 Å². The minimum Gasteiger partial charge on any atom is -0.393 e. The summed E-state index contributed by atoms with van der Waals surface area (Å²) in [6, 6.07) is 0.591. The largest absolute Gasteiger partial charge is 0.393 e. The van der Waals surface area contributed by atoms with Gasteiger partial charge in [0.1, 0.15) is 0 Å². The predicted molar refractivity (Wildman–Crippen MR) is 116 cm³/mol. The number of nitrogens with zero attached hydrogens (tertiary/aromatic N) is 1. The van der Waals surface area contributed by atoms with Gasteiger partial charge in [-0.15, -0.1) is 0 Å². The average Bonchev–Trinajstić information content (AvgIpc) is 3.25. The SMILES string of the molecule is CC1=N[C@H]([C@@H](C)[C@H]2CC[C@@H]3[C@H]4CC=C5C[C@@H](O)CC[C@]5(C)[C@@H]4CC[C@]23C)CC1. The van der Waals surface area contributed by atoms with E-state index in [0.717, 1.165) is 42.4 Å². The van der Waals surface area contributed by atoms with Gasteiger partial charge in [0.25, 0.3) is 0 Å². The van der Waals surface area contributed by atoms with Gasteiger partial charge in [0.05, 0.1) is 12.1 Å². The van der Waals surface area contributed by atoms with Gasteiger partial charge in [0, 0.05) is 5.71 Å². The van der Waals surface area contributed by atoms with Crippen LogP contribution in [0.25, 0.3) is 0 Å². The number of hydrogen-bond donors (Lipinski definition) is 1. The first-order valence-corrected chi connectivity index (χ1v) is 12.2. The van der Waals surface area contributed by atoms with Crippen molar-refractivity contribution in [3.05, 3.63) is 11.6 Å². The van der Waals surface area contributed by atoms with E-state index in [2.05, 4.69) is 33.8 Å². The average molecular weight is 384 g/mol. The molecule has 1 aliphatic heterocycles. The number of fused-ring (bicyclic) bond motifs is 5. The molecule has 0 bridgehead atoms. The summed E-state index contributed by atoms with van der Waals surface area (Å²) in [5, 5.41) is 10.2. The zero-order valence-electron chi connectivity index (χ0n) is 18.6. The molecular formula is C26H41NO. The highest BCUT2D eigenvalue weighted by Gasteiger charge is 2.59. The van der Waals surface area contributed by atoms with Crippen molar-refractivity contribution in [2.24, 2.45) is 45.4 Å². The third-order valence-electron chi connectivity index (χ3n) is 10.6.